The van der Waals surface area contributed by atoms with Gasteiger partial charge in [0.05, 0.1) is 0 Å². The Hall–Kier alpha value is -0.700. The Labute approximate surface area is 58.4 Å². The normalized spacial score (nSPS) is 9.89. The molecule has 0 bridgehead atoms. The smallest absolute Gasteiger partial charge is 0.404 e. The van der Waals surface area contributed by atoms with E-state index in [1.807, 2.05) is 0 Å². The number of amides is 1. The van der Waals surface area contributed by atoms with Crippen molar-refractivity contribution < 1.29 is 9.53 Å². The summed E-state index contributed by atoms with van der Waals surface area (Å²) in [6, 6.07) is 0. The van der Waals surface area contributed by atoms with Gasteiger partial charge in [0.25, 0.3) is 0 Å². The van der Waals surface area contributed by atoms with Crippen LogP contribution < -0.4 is 5.73 Å². The van der Waals surface area contributed by atoms with Gasteiger partial charge in [-0.2, -0.15) is 0 Å². The minimum Gasteiger partial charge on any atom is -0.445 e. The molecule has 0 fully saturated rings. The van der Waals surface area contributed by atoms with Gasteiger partial charge >= 0.3 is 6.09 Å². The lowest BCUT2D eigenvalue weighted by atomic mass is 10.5. The Morgan fingerprint density at radius 2 is 2.33 bits per heavy atom. The van der Waals surface area contributed by atoms with Crippen LogP contribution in [0.25, 0.3) is 0 Å². The predicted molar refractivity (Wildman–Crippen MR) is 35.4 cm³/mol. The number of nitrogens with two attached hydrogens (primary N) is 1. The van der Waals surface area contributed by atoms with Gasteiger partial charge in [0.15, 0.2) is 0 Å². The van der Waals surface area contributed by atoms with E-state index < -0.39 is 6.09 Å². The molecule has 0 aromatic heterocycles. The first kappa shape index (κ1) is 8.30. The second-order valence-electron chi connectivity index (χ2n) is 1.26. The van der Waals surface area contributed by atoms with Crippen LogP contribution in [0.2, 0.25) is 0 Å². The Morgan fingerprint density at radius 1 is 1.67 bits per heavy atom. The van der Waals surface area contributed by atoms with E-state index in [1.165, 1.54) is 0 Å². The second kappa shape index (κ2) is 5.44. The van der Waals surface area contributed by atoms with E-state index in [2.05, 4.69) is 10.5 Å². The molecule has 0 atom stereocenters. The van der Waals surface area contributed by atoms with Crippen molar-refractivity contribution in [3.05, 3.63) is 12.2 Å². The van der Waals surface area contributed by atoms with Crippen LogP contribution in [0.3, 0.4) is 0 Å². The van der Waals surface area contributed by atoms with Crippen LogP contribution in [0.5, 0.6) is 0 Å². The van der Waals surface area contributed by atoms with E-state index in [9.17, 15) is 4.79 Å². The van der Waals surface area contributed by atoms with Crippen molar-refractivity contribution in [3.63, 3.8) is 0 Å². The summed E-state index contributed by atoms with van der Waals surface area (Å²) in [7, 11) is 0. The number of carbonyl (C=O) groups excluding carboxylic acids is 1. The van der Waals surface area contributed by atoms with Crippen molar-refractivity contribution in [3.8, 4) is 0 Å². The molecule has 3 nitrogen and oxygen atoms in total. The molecule has 0 aliphatic heterocycles. The molecule has 0 aliphatic carbocycles. The van der Waals surface area contributed by atoms with Gasteiger partial charge in [-0.1, -0.05) is 6.08 Å². The van der Waals surface area contributed by atoms with Crippen molar-refractivity contribution in [2.75, 3.05) is 12.5 Å². The molecule has 0 saturated heterocycles. The molecule has 0 radical (unpaired) electrons. The molecule has 1 amide bonds. The van der Waals surface area contributed by atoms with Crippen LogP contribution in [0.1, 0.15) is 0 Å². The van der Waals surface area contributed by atoms with Gasteiger partial charge in [-0.3, -0.25) is 0 Å². The van der Waals surface area contributed by atoms with E-state index in [-0.39, 0.29) is 6.61 Å². The molecule has 0 heterocycles. The highest BCUT2D eigenvalue weighted by Crippen LogP contribution is 1.79. The zero-order valence-electron chi connectivity index (χ0n) is 4.84. The van der Waals surface area contributed by atoms with Crippen molar-refractivity contribution in [1.29, 1.82) is 0 Å². The zero-order chi connectivity index (χ0) is 7.11. The number of primary amides is 1. The van der Waals surface area contributed by atoms with Gasteiger partial charge in [0, 0.05) is 5.88 Å². The number of carbonyl (C=O) groups is 1. The third-order valence-electron chi connectivity index (χ3n) is 0.578. The lowest BCUT2D eigenvalue weighted by Crippen LogP contribution is -2.12. The molecule has 0 aliphatic rings. The monoisotopic (exact) mass is 149 g/mol. The fraction of sp³-hybridized carbons (Fsp3) is 0.400. The molecule has 9 heavy (non-hydrogen) atoms. The summed E-state index contributed by atoms with van der Waals surface area (Å²) in [6.07, 6.45) is 2.52. The fourth-order valence-electron chi connectivity index (χ4n) is 0.261. The van der Waals surface area contributed by atoms with Crippen LogP contribution in [0.15, 0.2) is 12.2 Å². The molecule has 52 valence electrons. The number of ether oxygens (including phenoxy) is 1. The van der Waals surface area contributed by atoms with E-state index in [1.54, 1.807) is 12.2 Å². The number of allylic oxidation sites excluding steroid dienone is 1. The second-order valence-corrected chi connectivity index (χ2v) is 1.56. The molecule has 0 spiro atoms. The number of hydrogen-bond acceptors (Lipinski definition) is 2. The molecule has 0 aromatic rings. The summed E-state index contributed by atoms with van der Waals surface area (Å²) in [4.78, 5) is 9.90. The lowest BCUT2D eigenvalue weighted by Gasteiger charge is -1.92. The Balaban J connectivity index is 3.09. The SMILES string of the molecule is NC(=O)OC/C=C/CCl. The van der Waals surface area contributed by atoms with E-state index >= 15 is 0 Å². The van der Waals surface area contributed by atoms with Gasteiger partial charge in [0.1, 0.15) is 6.61 Å². The molecule has 2 N–H and O–H groups in total. The van der Waals surface area contributed by atoms with Gasteiger partial charge < -0.3 is 10.5 Å². The first-order chi connectivity index (χ1) is 4.27. The summed E-state index contributed by atoms with van der Waals surface area (Å²) in [6.45, 7) is 0.196. The topological polar surface area (TPSA) is 52.3 Å². The number of rotatable bonds is 3. The molecule has 0 aromatic carbocycles. The minimum atomic E-state index is -0.769. The Morgan fingerprint density at radius 3 is 2.78 bits per heavy atom. The molecule has 0 saturated carbocycles. The summed E-state index contributed by atoms with van der Waals surface area (Å²) >= 11 is 5.26. The van der Waals surface area contributed by atoms with Crippen molar-refractivity contribution in [2.45, 2.75) is 0 Å². The average Bonchev–Trinajstić information content (AvgIpc) is 1.80. The molecular formula is C5H8ClNO2. The summed E-state index contributed by atoms with van der Waals surface area (Å²) in [5, 5.41) is 0. The molecule has 0 rings (SSSR count). The predicted octanol–water partition coefficient (Wildman–Crippen LogP) is 0.877. The summed E-state index contributed by atoms with van der Waals surface area (Å²) < 4.78 is 4.34. The highest BCUT2D eigenvalue weighted by atomic mass is 35.5. The van der Waals surface area contributed by atoms with Crippen LogP contribution in [-0.2, 0) is 4.74 Å². The maximum atomic E-state index is 9.90. The highest BCUT2D eigenvalue weighted by molar-refractivity contribution is 6.18. The third kappa shape index (κ3) is 7.30. The van der Waals surface area contributed by atoms with E-state index in [0.29, 0.717) is 5.88 Å². The van der Waals surface area contributed by atoms with Crippen molar-refractivity contribution in [1.82, 2.24) is 0 Å². The quantitative estimate of drug-likeness (QED) is 0.478. The van der Waals surface area contributed by atoms with Gasteiger partial charge in [0.2, 0.25) is 0 Å². The maximum Gasteiger partial charge on any atom is 0.404 e. The Bertz CT molecular complexity index is 114. The number of alkyl halides is 1. The summed E-state index contributed by atoms with van der Waals surface area (Å²) in [5.41, 5.74) is 4.65. The zero-order valence-corrected chi connectivity index (χ0v) is 5.60. The molecule has 4 heteroatoms. The number of hydrogen-bond donors (Lipinski definition) is 1. The third-order valence-corrected chi connectivity index (χ3v) is 0.756. The highest BCUT2D eigenvalue weighted by Gasteiger charge is 1.85. The number of halogens is 1. The molecule has 0 unspecified atom stereocenters. The van der Waals surface area contributed by atoms with Gasteiger partial charge in [-0.25, -0.2) is 4.79 Å². The van der Waals surface area contributed by atoms with Crippen LogP contribution in [-0.4, -0.2) is 18.6 Å². The fourth-order valence-corrected chi connectivity index (χ4v) is 0.387. The van der Waals surface area contributed by atoms with Crippen molar-refractivity contribution in [2.24, 2.45) is 5.73 Å². The van der Waals surface area contributed by atoms with Gasteiger partial charge in [-0.15, -0.1) is 11.6 Å². The average molecular weight is 150 g/mol. The standard InChI is InChI=1S/C5H8ClNO2/c6-3-1-2-4-9-5(7)8/h1-2H,3-4H2,(H2,7,8)/b2-1+. The van der Waals surface area contributed by atoms with Crippen molar-refractivity contribution >= 4 is 17.7 Å². The first-order valence-electron chi connectivity index (χ1n) is 2.40. The molecular weight excluding hydrogens is 142 g/mol. The van der Waals surface area contributed by atoms with E-state index in [0.717, 1.165) is 0 Å². The largest absolute Gasteiger partial charge is 0.445 e. The van der Waals surface area contributed by atoms with E-state index in [4.69, 9.17) is 11.6 Å². The lowest BCUT2D eigenvalue weighted by molar-refractivity contribution is 0.169. The maximum absolute atomic E-state index is 9.90. The first-order valence-corrected chi connectivity index (χ1v) is 2.94. The summed E-state index contributed by atoms with van der Waals surface area (Å²) in [5.74, 6) is 0.419. The minimum absolute atomic E-state index is 0.196. The van der Waals surface area contributed by atoms with Crippen LogP contribution in [0, 0.1) is 0 Å². The Kier molecular flexibility index (Phi) is 5.01. The van der Waals surface area contributed by atoms with Crippen LogP contribution >= 0.6 is 11.6 Å². The van der Waals surface area contributed by atoms with Gasteiger partial charge in [-0.05, 0) is 6.08 Å². The van der Waals surface area contributed by atoms with Crippen LogP contribution in [0.4, 0.5) is 4.79 Å².